The highest BCUT2D eigenvalue weighted by Gasteiger charge is 2.07. The summed E-state index contributed by atoms with van der Waals surface area (Å²) in [5, 5.41) is 6.06. The van der Waals surface area contributed by atoms with E-state index in [0.29, 0.717) is 12.2 Å². The largest absolute Gasteiger partial charge is 0.354 e. The van der Waals surface area contributed by atoms with Gasteiger partial charge in [0.15, 0.2) is 0 Å². The van der Waals surface area contributed by atoms with Crippen LogP contribution in [0.5, 0.6) is 0 Å². The molecule has 0 saturated heterocycles. The molecule has 0 unspecified atom stereocenters. The van der Waals surface area contributed by atoms with Crippen LogP contribution in [-0.2, 0) is 6.54 Å². The van der Waals surface area contributed by atoms with Gasteiger partial charge in [0.1, 0.15) is 5.69 Å². The Balaban J connectivity index is 1.59. The van der Waals surface area contributed by atoms with Gasteiger partial charge in [-0.15, -0.1) is 0 Å². The van der Waals surface area contributed by atoms with E-state index in [1.807, 2.05) is 42.5 Å². The lowest BCUT2D eigenvalue weighted by molar-refractivity contribution is 0.0946. The van der Waals surface area contributed by atoms with Crippen molar-refractivity contribution in [2.75, 3.05) is 5.32 Å². The van der Waals surface area contributed by atoms with E-state index in [4.69, 9.17) is 0 Å². The fourth-order valence-electron chi connectivity index (χ4n) is 2.08. The van der Waals surface area contributed by atoms with Crippen LogP contribution in [0.25, 0.3) is 0 Å². The second kappa shape index (κ2) is 7.70. The highest BCUT2D eigenvalue weighted by molar-refractivity contribution is 9.10. The molecule has 0 radical (unpaired) electrons. The fourth-order valence-corrected chi connectivity index (χ4v) is 2.34. The monoisotopic (exact) mass is 382 g/mol. The van der Waals surface area contributed by atoms with Gasteiger partial charge in [-0.3, -0.25) is 9.78 Å². The average molecular weight is 383 g/mol. The van der Waals surface area contributed by atoms with Gasteiger partial charge < -0.3 is 10.6 Å². The van der Waals surface area contributed by atoms with E-state index in [0.717, 1.165) is 21.4 Å². The number of hydrogen-bond acceptors (Lipinski definition) is 4. The lowest BCUT2D eigenvalue weighted by Crippen LogP contribution is -2.23. The van der Waals surface area contributed by atoms with Gasteiger partial charge in [0.2, 0.25) is 0 Å². The summed E-state index contributed by atoms with van der Waals surface area (Å²) in [5.74, 6) is -0.214. The molecule has 2 N–H and O–H groups in total. The number of benzene rings is 1. The first-order valence-electron chi connectivity index (χ1n) is 7.36. The Morgan fingerprint density at radius 3 is 2.46 bits per heavy atom. The number of hydrogen-bond donors (Lipinski definition) is 2. The summed E-state index contributed by atoms with van der Waals surface area (Å²) in [6.07, 6.45) is 5.06. The first-order valence-corrected chi connectivity index (χ1v) is 8.16. The number of carbonyl (C=O) groups excluding carboxylic acids is 1. The van der Waals surface area contributed by atoms with Crippen LogP contribution < -0.4 is 10.6 Å². The van der Waals surface area contributed by atoms with Crippen molar-refractivity contribution in [2.45, 2.75) is 6.54 Å². The standard InChI is InChI=1S/C18H15BrN4O/c19-14-3-5-15(6-4-14)23-16-7-8-17(21-12-16)18(24)22-11-13-2-1-9-20-10-13/h1-10,12,23H,11H2,(H,22,24). The molecule has 2 heterocycles. The highest BCUT2D eigenvalue weighted by Crippen LogP contribution is 2.18. The summed E-state index contributed by atoms with van der Waals surface area (Å²) in [7, 11) is 0. The summed E-state index contributed by atoms with van der Waals surface area (Å²) >= 11 is 3.40. The molecule has 0 aliphatic heterocycles. The minimum Gasteiger partial charge on any atom is -0.354 e. The molecular weight excluding hydrogens is 368 g/mol. The van der Waals surface area contributed by atoms with Crippen LogP contribution >= 0.6 is 15.9 Å². The van der Waals surface area contributed by atoms with Crippen LogP contribution in [0, 0.1) is 0 Å². The Morgan fingerprint density at radius 1 is 1.00 bits per heavy atom. The molecule has 120 valence electrons. The van der Waals surface area contributed by atoms with Gasteiger partial charge in [0.05, 0.1) is 11.9 Å². The number of pyridine rings is 2. The number of nitrogens with zero attached hydrogens (tertiary/aromatic N) is 2. The molecular formula is C18H15BrN4O. The molecule has 2 aromatic heterocycles. The van der Waals surface area contributed by atoms with Crippen molar-refractivity contribution in [2.24, 2.45) is 0 Å². The lowest BCUT2D eigenvalue weighted by Gasteiger charge is -2.08. The zero-order valence-electron chi connectivity index (χ0n) is 12.7. The van der Waals surface area contributed by atoms with Gasteiger partial charge in [-0.2, -0.15) is 0 Å². The first kappa shape index (κ1) is 16.1. The average Bonchev–Trinajstić information content (AvgIpc) is 2.63. The molecule has 5 nitrogen and oxygen atoms in total. The Bertz CT molecular complexity index is 805. The van der Waals surface area contributed by atoms with Crippen LogP contribution in [0.1, 0.15) is 16.1 Å². The topological polar surface area (TPSA) is 66.9 Å². The van der Waals surface area contributed by atoms with Gasteiger partial charge in [-0.05, 0) is 48.0 Å². The van der Waals surface area contributed by atoms with E-state index in [2.05, 4.69) is 36.5 Å². The van der Waals surface area contributed by atoms with Gasteiger partial charge >= 0.3 is 0 Å². The van der Waals surface area contributed by atoms with Crippen LogP contribution in [-0.4, -0.2) is 15.9 Å². The van der Waals surface area contributed by atoms with E-state index in [1.54, 1.807) is 24.7 Å². The van der Waals surface area contributed by atoms with E-state index in [-0.39, 0.29) is 5.91 Å². The first-order chi connectivity index (χ1) is 11.7. The lowest BCUT2D eigenvalue weighted by atomic mass is 10.2. The third kappa shape index (κ3) is 4.39. The second-order valence-corrected chi connectivity index (χ2v) is 6.02. The minimum absolute atomic E-state index is 0.214. The van der Waals surface area contributed by atoms with Crippen LogP contribution in [0.2, 0.25) is 0 Å². The molecule has 0 aliphatic carbocycles. The molecule has 0 saturated carbocycles. The fraction of sp³-hybridized carbons (Fsp3) is 0.0556. The molecule has 1 aromatic carbocycles. The zero-order chi connectivity index (χ0) is 16.8. The van der Waals surface area contributed by atoms with Gasteiger partial charge in [0, 0.05) is 29.1 Å². The van der Waals surface area contributed by atoms with E-state index >= 15 is 0 Å². The predicted octanol–water partition coefficient (Wildman–Crippen LogP) is 3.91. The molecule has 0 spiro atoms. The Kier molecular flexibility index (Phi) is 5.18. The van der Waals surface area contributed by atoms with Crippen molar-refractivity contribution in [3.63, 3.8) is 0 Å². The number of aromatic nitrogens is 2. The Hall–Kier alpha value is -2.73. The maximum Gasteiger partial charge on any atom is 0.270 e. The van der Waals surface area contributed by atoms with Gasteiger partial charge in [-0.1, -0.05) is 22.0 Å². The van der Waals surface area contributed by atoms with Gasteiger partial charge in [0.25, 0.3) is 5.91 Å². The molecule has 0 aliphatic rings. The summed E-state index contributed by atoms with van der Waals surface area (Å²) in [6.45, 7) is 0.424. The molecule has 0 bridgehead atoms. The van der Waals surface area contributed by atoms with Crippen molar-refractivity contribution in [3.05, 3.63) is 82.9 Å². The third-order valence-electron chi connectivity index (χ3n) is 3.30. The summed E-state index contributed by atoms with van der Waals surface area (Å²) < 4.78 is 1.02. The highest BCUT2D eigenvalue weighted by atomic mass is 79.9. The number of carbonyl (C=O) groups is 1. The molecule has 1 amide bonds. The smallest absolute Gasteiger partial charge is 0.270 e. The van der Waals surface area contributed by atoms with Crippen molar-refractivity contribution < 1.29 is 4.79 Å². The molecule has 24 heavy (non-hydrogen) atoms. The normalized spacial score (nSPS) is 10.2. The summed E-state index contributed by atoms with van der Waals surface area (Å²) in [4.78, 5) is 20.3. The molecule has 0 atom stereocenters. The summed E-state index contributed by atoms with van der Waals surface area (Å²) in [5.41, 5.74) is 3.09. The van der Waals surface area contributed by atoms with Crippen molar-refractivity contribution in [1.29, 1.82) is 0 Å². The number of rotatable bonds is 5. The quantitative estimate of drug-likeness (QED) is 0.701. The van der Waals surface area contributed by atoms with Crippen LogP contribution in [0.4, 0.5) is 11.4 Å². The van der Waals surface area contributed by atoms with Crippen LogP contribution in [0.3, 0.4) is 0 Å². The number of anilines is 2. The molecule has 3 aromatic rings. The minimum atomic E-state index is -0.214. The number of amides is 1. The maximum atomic E-state index is 12.1. The van der Waals surface area contributed by atoms with Crippen molar-refractivity contribution >= 4 is 33.2 Å². The molecule has 0 fully saturated rings. The van der Waals surface area contributed by atoms with E-state index < -0.39 is 0 Å². The molecule has 3 rings (SSSR count). The summed E-state index contributed by atoms with van der Waals surface area (Å²) in [6, 6.07) is 15.1. The molecule has 6 heteroatoms. The second-order valence-electron chi connectivity index (χ2n) is 5.11. The number of nitrogens with one attached hydrogen (secondary N) is 2. The van der Waals surface area contributed by atoms with E-state index in [9.17, 15) is 4.79 Å². The van der Waals surface area contributed by atoms with Crippen molar-refractivity contribution in [1.82, 2.24) is 15.3 Å². The SMILES string of the molecule is O=C(NCc1cccnc1)c1ccc(Nc2ccc(Br)cc2)cn1. The van der Waals surface area contributed by atoms with Gasteiger partial charge in [-0.25, -0.2) is 4.98 Å². The third-order valence-corrected chi connectivity index (χ3v) is 3.83. The van der Waals surface area contributed by atoms with Crippen LogP contribution in [0.15, 0.2) is 71.6 Å². The Morgan fingerprint density at radius 2 is 1.79 bits per heavy atom. The van der Waals surface area contributed by atoms with Crippen molar-refractivity contribution in [3.8, 4) is 0 Å². The predicted molar refractivity (Wildman–Crippen MR) is 97.1 cm³/mol. The van der Waals surface area contributed by atoms with E-state index in [1.165, 1.54) is 0 Å². The Labute approximate surface area is 148 Å². The maximum absolute atomic E-state index is 12.1. The zero-order valence-corrected chi connectivity index (χ0v) is 14.3. The number of halogens is 1.